The molecule has 1 rings (SSSR count). The van der Waals surface area contributed by atoms with Gasteiger partial charge in [-0.2, -0.15) is 0 Å². The third kappa shape index (κ3) is 5.56. The van der Waals surface area contributed by atoms with Crippen LogP contribution in [0.5, 0.6) is 0 Å². The first-order valence-electron chi connectivity index (χ1n) is 7.28. The summed E-state index contributed by atoms with van der Waals surface area (Å²) in [7, 11) is 0. The monoisotopic (exact) mass is 243 g/mol. The summed E-state index contributed by atoms with van der Waals surface area (Å²) in [6, 6.07) is 0.382. The molecule has 1 aliphatic rings. The minimum atomic E-state index is 0.250. The molecule has 0 aromatic rings. The molecule has 1 fully saturated rings. The molecule has 1 saturated heterocycles. The predicted molar refractivity (Wildman–Crippen MR) is 77.2 cm³/mol. The van der Waals surface area contributed by atoms with Crippen LogP contribution in [-0.2, 0) is 4.79 Å². The van der Waals surface area contributed by atoms with E-state index in [4.69, 9.17) is 0 Å². The molecule has 2 heteroatoms. The van der Waals surface area contributed by atoms with Crippen molar-refractivity contribution in [2.45, 2.75) is 80.7 Å². The maximum atomic E-state index is 11.5. The Bertz CT molecular complexity index is 199. The standard InChI is InChI=1S/C11H21NO.2C2H6/c1-5-11(3,4)9(2)12-8-6-7-10(12)13;2*1-2/h9H,5-8H2,1-4H3;2*1-2H3. The van der Waals surface area contributed by atoms with Crippen molar-refractivity contribution in [3.05, 3.63) is 0 Å². The number of hydrogen-bond donors (Lipinski definition) is 0. The van der Waals surface area contributed by atoms with Crippen LogP contribution in [0, 0.1) is 5.41 Å². The lowest BCUT2D eigenvalue weighted by Crippen LogP contribution is -2.43. The Kier molecular flexibility index (Phi) is 10.5. The molecular weight excluding hydrogens is 210 g/mol. The van der Waals surface area contributed by atoms with Gasteiger partial charge in [-0.05, 0) is 25.2 Å². The van der Waals surface area contributed by atoms with Crippen molar-refractivity contribution in [2.24, 2.45) is 5.41 Å². The maximum Gasteiger partial charge on any atom is 0.222 e. The SMILES string of the molecule is CC.CC.CCC(C)(C)C(C)N1CCCC1=O. The second-order valence-corrected chi connectivity index (χ2v) is 4.71. The quantitative estimate of drug-likeness (QED) is 0.715. The van der Waals surface area contributed by atoms with E-state index >= 15 is 0 Å². The molecule has 0 aromatic carbocycles. The van der Waals surface area contributed by atoms with E-state index in [0.717, 1.165) is 25.8 Å². The fourth-order valence-electron chi connectivity index (χ4n) is 1.80. The molecule has 1 unspecified atom stereocenters. The fourth-order valence-corrected chi connectivity index (χ4v) is 1.80. The van der Waals surface area contributed by atoms with Crippen LogP contribution in [0.3, 0.4) is 0 Å². The van der Waals surface area contributed by atoms with E-state index in [2.05, 4.69) is 27.7 Å². The highest BCUT2D eigenvalue weighted by molar-refractivity contribution is 5.78. The summed E-state index contributed by atoms with van der Waals surface area (Å²) in [6.07, 6.45) is 2.92. The molecule has 2 nitrogen and oxygen atoms in total. The molecule has 1 heterocycles. The van der Waals surface area contributed by atoms with E-state index < -0.39 is 0 Å². The Morgan fingerprint density at radius 3 is 2.00 bits per heavy atom. The zero-order valence-electron chi connectivity index (χ0n) is 13.3. The van der Waals surface area contributed by atoms with Crippen LogP contribution < -0.4 is 0 Å². The van der Waals surface area contributed by atoms with Crippen molar-refractivity contribution in [1.82, 2.24) is 4.90 Å². The number of amides is 1. The van der Waals surface area contributed by atoms with Gasteiger partial charge in [0, 0.05) is 19.0 Å². The summed E-state index contributed by atoms with van der Waals surface area (Å²) in [5, 5.41) is 0. The third-order valence-corrected chi connectivity index (χ3v) is 3.62. The first-order valence-corrected chi connectivity index (χ1v) is 7.28. The minimum Gasteiger partial charge on any atom is -0.339 e. The highest BCUT2D eigenvalue weighted by Gasteiger charge is 2.33. The molecule has 0 spiro atoms. The summed E-state index contributed by atoms with van der Waals surface area (Å²) >= 11 is 0. The molecule has 1 atom stereocenters. The van der Waals surface area contributed by atoms with Crippen LogP contribution in [0.2, 0.25) is 0 Å². The average Bonchev–Trinajstić information content (AvgIpc) is 2.79. The molecule has 0 N–H and O–H groups in total. The van der Waals surface area contributed by atoms with E-state index in [0.29, 0.717) is 11.9 Å². The normalized spacial score (nSPS) is 16.7. The van der Waals surface area contributed by atoms with E-state index in [9.17, 15) is 4.79 Å². The topological polar surface area (TPSA) is 20.3 Å². The molecule has 0 saturated carbocycles. The Morgan fingerprint density at radius 2 is 1.71 bits per heavy atom. The first kappa shape index (κ1) is 18.8. The Balaban J connectivity index is 0. The van der Waals surface area contributed by atoms with E-state index in [1.165, 1.54) is 0 Å². The fraction of sp³-hybridized carbons (Fsp3) is 0.933. The number of carbonyl (C=O) groups excluding carboxylic acids is 1. The number of likely N-dealkylation sites (tertiary alicyclic amines) is 1. The maximum absolute atomic E-state index is 11.5. The molecule has 0 aliphatic carbocycles. The van der Waals surface area contributed by atoms with Crippen LogP contribution in [0.15, 0.2) is 0 Å². The van der Waals surface area contributed by atoms with Gasteiger partial charge in [0.05, 0.1) is 0 Å². The Morgan fingerprint density at radius 1 is 1.24 bits per heavy atom. The van der Waals surface area contributed by atoms with Crippen molar-refractivity contribution < 1.29 is 4.79 Å². The van der Waals surface area contributed by atoms with Gasteiger partial charge in [-0.1, -0.05) is 48.5 Å². The van der Waals surface area contributed by atoms with Crippen LogP contribution >= 0.6 is 0 Å². The molecule has 1 aliphatic heterocycles. The molecule has 17 heavy (non-hydrogen) atoms. The zero-order chi connectivity index (χ0) is 14.1. The van der Waals surface area contributed by atoms with Crippen LogP contribution in [-0.4, -0.2) is 23.4 Å². The summed E-state index contributed by atoms with van der Waals surface area (Å²) in [6.45, 7) is 17.8. The third-order valence-electron chi connectivity index (χ3n) is 3.62. The molecule has 0 aromatic heterocycles. The molecule has 0 bridgehead atoms. The second kappa shape index (κ2) is 9.49. The van der Waals surface area contributed by atoms with E-state index in [1.54, 1.807) is 0 Å². The van der Waals surface area contributed by atoms with Crippen molar-refractivity contribution in [2.75, 3.05) is 6.54 Å². The average molecular weight is 243 g/mol. The summed E-state index contributed by atoms with van der Waals surface area (Å²) in [5.74, 6) is 0.342. The van der Waals surface area contributed by atoms with Crippen LogP contribution in [0.4, 0.5) is 0 Å². The smallest absolute Gasteiger partial charge is 0.222 e. The molecular formula is C15H33NO. The van der Waals surface area contributed by atoms with Crippen molar-refractivity contribution in [1.29, 1.82) is 0 Å². The number of carbonyl (C=O) groups is 1. The van der Waals surface area contributed by atoms with Crippen LogP contribution in [0.25, 0.3) is 0 Å². The minimum absolute atomic E-state index is 0.250. The lowest BCUT2D eigenvalue weighted by molar-refractivity contribution is -0.131. The largest absolute Gasteiger partial charge is 0.339 e. The van der Waals surface area contributed by atoms with Crippen molar-refractivity contribution in [3.63, 3.8) is 0 Å². The predicted octanol–water partition coefficient (Wildman–Crippen LogP) is 4.49. The first-order chi connectivity index (χ1) is 7.99. The summed E-state index contributed by atoms with van der Waals surface area (Å²) in [5.41, 5.74) is 0.250. The summed E-state index contributed by atoms with van der Waals surface area (Å²) < 4.78 is 0. The number of hydrogen-bond acceptors (Lipinski definition) is 1. The molecule has 1 amide bonds. The number of rotatable bonds is 3. The van der Waals surface area contributed by atoms with Crippen molar-refractivity contribution >= 4 is 5.91 Å². The highest BCUT2D eigenvalue weighted by Crippen LogP contribution is 2.30. The Labute approximate surface area is 109 Å². The lowest BCUT2D eigenvalue weighted by atomic mass is 9.82. The number of nitrogens with zero attached hydrogens (tertiary/aromatic N) is 1. The van der Waals surface area contributed by atoms with Gasteiger partial charge < -0.3 is 4.90 Å². The van der Waals surface area contributed by atoms with Gasteiger partial charge in [0.2, 0.25) is 5.91 Å². The zero-order valence-corrected chi connectivity index (χ0v) is 13.3. The molecule has 104 valence electrons. The van der Waals surface area contributed by atoms with Gasteiger partial charge in [0.25, 0.3) is 0 Å². The van der Waals surface area contributed by atoms with Gasteiger partial charge in [-0.3, -0.25) is 4.79 Å². The van der Waals surface area contributed by atoms with E-state index in [-0.39, 0.29) is 5.41 Å². The Hall–Kier alpha value is -0.530. The van der Waals surface area contributed by atoms with Gasteiger partial charge in [0.1, 0.15) is 0 Å². The van der Waals surface area contributed by atoms with Gasteiger partial charge >= 0.3 is 0 Å². The highest BCUT2D eigenvalue weighted by atomic mass is 16.2. The van der Waals surface area contributed by atoms with E-state index in [1.807, 2.05) is 32.6 Å². The second-order valence-electron chi connectivity index (χ2n) is 4.71. The lowest BCUT2D eigenvalue weighted by Gasteiger charge is -2.37. The summed E-state index contributed by atoms with van der Waals surface area (Å²) in [4.78, 5) is 13.5. The van der Waals surface area contributed by atoms with Crippen LogP contribution in [0.1, 0.15) is 74.7 Å². The van der Waals surface area contributed by atoms with Gasteiger partial charge in [-0.15, -0.1) is 0 Å². The molecule has 0 radical (unpaired) electrons. The van der Waals surface area contributed by atoms with Gasteiger partial charge in [0.15, 0.2) is 0 Å². The van der Waals surface area contributed by atoms with Gasteiger partial charge in [-0.25, -0.2) is 0 Å². The van der Waals surface area contributed by atoms with Crippen molar-refractivity contribution in [3.8, 4) is 0 Å².